The molecule has 0 aliphatic heterocycles. The van der Waals surface area contributed by atoms with E-state index in [4.69, 9.17) is 14.7 Å². The van der Waals surface area contributed by atoms with Crippen LogP contribution in [-0.4, -0.2) is 18.7 Å². The van der Waals surface area contributed by atoms with Gasteiger partial charge in [-0.2, -0.15) is 5.26 Å². The number of halogens is 1. The molecule has 0 bridgehead atoms. The van der Waals surface area contributed by atoms with Crippen molar-refractivity contribution in [2.24, 2.45) is 0 Å². The number of carbonyl (C=O) groups is 1. The first-order chi connectivity index (χ1) is 9.13. The van der Waals surface area contributed by atoms with Crippen LogP contribution in [0.2, 0.25) is 0 Å². The van der Waals surface area contributed by atoms with Gasteiger partial charge in [0.2, 0.25) is 0 Å². The summed E-state index contributed by atoms with van der Waals surface area (Å²) in [4.78, 5) is 11.7. The second-order valence-electron chi connectivity index (χ2n) is 3.87. The molecule has 0 aliphatic rings. The van der Waals surface area contributed by atoms with Crippen molar-refractivity contribution in [1.82, 2.24) is 0 Å². The monoisotopic (exact) mass is 265 g/mol. The van der Waals surface area contributed by atoms with Crippen molar-refractivity contribution in [1.29, 1.82) is 5.26 Å². The van der Waals surface area contributed by atoms with Crippen LogP contribution in [0.4, 0.5) is 4.39 Å². The summed E-state index contributed by atoms with van der Waals surface area (Å²) < 4.78 is 23.7. The largest absolute Gasteiger partial charge is 0.477 e. The van der Waals surface area contributed by atoms with E-state index in [1.54, 1.807) is 13.0 Å². The topological polar surface area (TPSA) is 59.3 Å². The second-order valence-corrected chi connectivity index (χ2v) is 3.87. The van der Waals surface area contributed by atoms with Gasteiger partial charge < -0.3 is 9.47 Å². The van der Waals surface area contributed by atoms with Crippen molar-refractivity contribution >= 4 is 5.97 Å². The lowest BCUT2D eigenvalue weighted by molar-refractivity contribution is -0.151. The molecule has 0 aromatic heterocycles. The highest BCUT2D eigenvalue weighted by atomic mass is 19.1. The quantitative estimate of drug-likeness (QED) is 0.742. The van der Waals surface area contributed by atoms with E-state index in [9.17, 15) is 9.18 Å². The normalized spacial score (nSPS) is 11.5. The SMILES string of the molecule is CCCC(Oc1cccc(F)c1C#N)C(=O)OCC. The van der Waals surface area contributed by atoms with E-state index in [2.05, 4.69) is 0 Å². The number of hydrogen-bond acceptors (Lipinski definition) is 4. The number of nitriles is 1. The van der Waals surface area contributed by atoms with Crippen LogP contribution in [0.5, 0.6) is 5.75 Å². The van der Waals surface area contributed by atoms with Crippen LogP contribution in [0.15, 0.2) is 18.2 Å². The van der Waals surface area contributed by atoms with Gasteiger partial charge in [0.25, 0.3) is 0 Å². The standard InChI is InChI=1S/C14H16FNO3/c1-3-6-13(14(17)18-4-2)19-12-8-5-7-11(15)10(12)9-16/h5,7-8,13H,3-4,6H2,1-2H3. The van der Waals surface area contributed by atoms with Crippen LogP contribution in [0.25, 0.3) is 0 Å². The number of carbonyl (C=O) groups excluding carboxylic acids is 1. The maximum atomic E-state index is 13.4. The van der Waals surface area contributed by atoms with Gasteiger partial charge >= 0.3 is 5.97 Å². The van der Waals surface area contributed by atoms with E-state index < -0.39 is 17.9 Å². The number of nitrogens with zero attached hydrogens (tertiary/aromatic N) is 1. The molecule has 0 heterocycles. The molecule has 0 aliphatic carbocycles. The predicted octanol–water partition coefficient (Wildman–Crippen LogP) is 2.81. The molecule has 1 unspecified atom stereocenters. The van der Waals surface area contributed by atoms with Gasteiger partial charge in [-0.25, -0.2) is 9.18 Å². The lowest BCUT2D eigenvalue weighted by Gasteiger charge is -2.17. The average molecular weight is 265 g/mol. The average Bonchev–Trinajstić information content (AvgIpc) is 2.38. The number of esters is 1. The Morgan fingerprint density at radius 3 is 2.79 bits per heavy atom. The van der Waals surface area contributed by atoms with Crippen molar-refractivity contribution in [2.75, 3.05) is 6.61 Å². The van der Waals surface area contributed by atoms with E-state index in [0.717, 1.165) is 0 Å². The summed E-state index contributed by atoms with van der Waals surface area (Å²) in [5, 5.41) is 8.90. The Balaban J connectivity index is 2.94. The fourth-order valence-electron chi connectivity index (χ4n) is 1.59. The number of rotatable bonds is 6. The third-order valence-electron chi connectivity index (χ3n) is 2.46. The van der Waals surface area contributed by atoms with Gasteiger partial charge in [0, 0.05) is 0 Å². The number of ether oxygens (including phenoxy) is 2. The van der Waals surface area contributed by atoms with E-state index >= 15 is 0 Å². The molecule has 102 valence electrons. The molecular weight excluding hydrogens is 249 g/mol. The Bertz CT molecular complexity index is 482. The molecule has 1 aromatic rings. The molecule has 1 aromatic carbocycles. The lowest BCUT2D eigenvalue weighted by atomic mass is 10.2. The molecule has 0 fully saturated rings. The van der Waals surface area contributed by atoms with Crippen molar-refractivity contribution in [3.8, 4) is 11.8 Å². The first-order valence-electron chi connectivity index (χ1n) is 6.15. The molecule has 1 atom stereocenters. The molecule has 0 radical (unpaired) electrons. The predicted molar refractivity (Wildman–Crippen MR) is 67.1 cm³/mol. The summed E-state index contributed by atoms with van der Waals surface area (Å²) in [6, 6.07) is 5.79. The first-order valence-corrected chi connectivity index (χ1v) is 6.15. The fourth-order valence-corrected chi connectivity index (χ4v) is 1.59. The first kappa shape index (κ1) is 15.0. The molecule has 0 saturated carbocycles. The number of hydrogen-bond donors (Lipinski definition) is 0. The van der Waals surface area contributed by atoms with Crippen LogP contribution in [0.1, 0.15) is 32.3 Å². The van der Waals surface area contributed by atoms with Crippen molar-refractivity contribution in [2.45, 2.75) is 32.8 Å². The van der Waals surface area contributed by atoms with Crippen molar-refractivity contribution in [3.05, 3.63) is 29.6 Å². The second kappa shape index (κ2) is 7.37. The Hall–Kier alpha value is -2.09. The van der Waals surface area contributed by atoms with Gasteiger partial charge in [-0.05, 0) is 25.5 Å². The van der Waals surface area contributed by atoms with E-state index in [1.807, 2.05) is 6.92 Å². The molecule has 0 spiro atoms. The van der Waals surface area contributed by atoms with E-state index in [-0.39, 0.29) is 17.9 Å². The molecule has 1 rings (SSSR count). The Kier molecular flexibility index (Phi) is 5.80. The highest BCUT2D eigenvalue weighted by Gasteiger charge is 2.22. The maximum absolute atomic E-state index is 13.4. The van der Waals surface area contributed by atoms with Crippen LogP contribution < -0.4 is 4.74 Å². The Morgan fingerprint density at radius 2 is 2.21 bits per heavy atom. The zero-order chi connectivity index (χ0) is 14.3. The Labute approximate surface area is 111 Å². The summed E-state index contributed by atoms with van der Waals surface area (Å²) in [7, 11) is 0. The molecular formula is C14H16FNO3. The fraction of sp³-hybridized carbons (Fsp3) is 0.429. The third kappa shape index (κ3) is 3.95. The molecule has 19 heavy (non-hydrogen) atoms. The van der Waals surface area contributed by atoms with Crippen LogP contribution in [0.3, 0.4) is 0 Å². The van der Waals surface area contributed by atoms with Crippen LogP contribution >= 0.6 is 0 Å². The van der Waals surface area contributed by atoms with Gasteiger partial charge in [0.1, 0.15) is 23.2 Å². The highest BCUT2D eigenvalue weighted by molar-refractivity contribution is 5.75. The summed E-state index contributed by atoms with van der Waals surface area (Å²) in [5.74, 6) is -1.11. The maximum Gasteiger partial charge on any atom is 0.347 e. The van der Waals surface area contributed by atoms with Crippen LogP contribution in [-0.2, 0) is 9.53 Å². The van der Waals surface area contributed by atoms with Gasteiger partial charge in [-0.1, -0.05) is 19.4 Å². The highest BCUT2D eigenvalue weighted by Crippen LogP contribution is 2.23. The molecule has 0 saturated heterocycles. The smallest absolute Gasteiger partial charge is 0.347 e. The number of benzene rings is 1. The third-order valence-corrected chi connectivity index (χ3v) is 2.46. The summed E-state index contributed by atoms with van der Waals surface area (Å²) in [6.45, 7) is 3.84. The summed E-state index contributed by atoms with van der Waals surface area (Å²) in [6.07, 6.45) is 0.333. The molecule has 4 nitrogen and oxygen atoms in total. The molecule has 0 amide bonds. The summed E-state index contributed by atoms with van der Waals surface area (Å²) in [5.41, 5.74) is -0.201. The minimum absolute atomic E-state index is 0.0639. The van der Waals surface area contributed by atoms with Gasteiger partial charge in [0.05, 0.1) is 6.61 Å². The van der Waals surface area contributed by atoms with Crippen LogP contribution in [0, 0.1) is 17.1 Å². The van der Waals surface area contributed by atoms with Gasteiger partial charge in [0.15, 0.2) is 6.10 Å². The van der Waals surface area contributed by atoms with E-state index in [0.29, 0.717) is 12.8 Å². The Morgan fingerprint density at radius 1 is 1.47 bits per heavy atom. The minimum Gasteiger partial charge on any atom is -0.477 e. The van der Waals surface area contributed by atoms with Gasteiger partial charge in [-0.15, -0.1) is 0 Å². The minimum atomic E-state index is -0.821. The van der Waals surface area contributed by atoms with E-state index in [1.165, 1.54) is 18.2 Å². The van der Waals surface area contributed by atoms with Crippen molar-refractivity contribution < 1.29 is 18.7 Å². The zero-order valence-electron chi connectivity index (χ0n) is 11.0. The molecule has 5 heteroatoms. The lowest BCUT2D eigenvalue weighted by Crippen LogP contribution is -2.29. The molecule has 0 N–H and O–H groups in total. The van der Waals surface area contributed by atoms with Crippen molar-refractivity contribution in [3.63, 3.8) is 0 Å². The zero-order valence-corrected chi connectivity index (χ0v) is 11.0. The summed E-state index contributed by atoms with van der Waals surface area (Å²) >= 11 is 0. The van der Waals surface area contributed by atoms with Gasteiger partial charge in [-0.3, -0.25) is 0 Å².